The SMILES string of the molecule is O=C(Cc1c(F)cccc1Cl)N1CCC(COCc2ccccc2)CC1. The van der Waals surface area contributed by atoms with Crippen LogP contribution >= 0.6 is 11.6 Å². The Hall–Kier alpha value is -1.91. The maximum absolute atomic E-state index is 13.8. The van der Waals surface area contributed by atoms with Crippen LogP contribution in [-0.2, 0) is 22.6 Å². The third-order valence-corrected chi connectivity index (χ3v) is 5.18. The molecule has 0 unspecified atom stereocenters. The highest BCUT2D eigenvalue weighted by molar-refractivity contribution is 6.31. The van der Waals surface area contributed by atoms with E-state index in [9.17, 15) is 9.18 Å². The highest BCUT2D eigenvalue weighted by Gasteiger charge is 2.24. The lowest BCUT2D eigenvalue weighted by Gasteiger charge is -2.32. The highest BCUT2D eigenvalue weighted by Crippen LogP contribution is 2.22. The van der Waals surface area contributed by atoms with Crippen molar-refractivity contribution < 1.29 is 13.9 Å². The van der Waals surface area contributed by atoms with Crippen LogP contribution in [0.2, 0.25) is 5.02 Å². The second-order valence-corrected chi connectivity index (χ2v) is 7.11. The molecule has 2 aromatic rings. The molecule has 5 heteroatoms. The number of ether oxygens (including phenoxy) is 1. The molecule has 1 aliphatic heterocycles. The lowest BCUT2D eigenvalue weighted by molar-refractivity contribution is -0.132. The number of carbonyl (C=O) groups excluding carboxylic acids is 1. The second kappa shape index (κ2) is 9.15. The molecule has 26 heavy (non-hydrogen) atoms. The summed E-state index contributed by atoms with van der Waals surface area (Å²) >= 11 is 6.02. The number of hydrogen-bond donors (Lipinski definition) is 0. The third-order valence-electron chi connectivity index (χ3n) is 4.82. The Balaban J connectivity index is 1.42. The van der Waals surface area contributed by atoms with Crippen LogP contribution in [0.1, 0.15) is 24.0 Å². The third kappa shape index (κ3) is 5.05. The smallest absolute Gasteiger partial charge is 0.227 e. The second-order valence-electron chi connectivity index (χ2n) is 6.70. The molecule has 1 heterocycles. The number of carbonyl (C=O) groups is 1. The molecular formula is C21H23ClFNO2. The standard InChI is InChI=1S/C21H23ClFNO2/c22-19-7-4-8-20(23)18(19)13-21(25)24-11-9-17(10-12-24)15-26-14-16-5-2-1-3-6-16/h1-8,17H,9-15H2. The van der Waals surface area contributed by atoms with Gasteiger partial charge in [-0.1, -0.05) is 48.0 Å². The molecule has 3 nitrogen and oxygen atoms in total. The minimum Gasteiger partial charge on any atom is -0.376 e. The molecule has 1 amide bonds. The van der Waals surface area contributed by atoms with Gasteiger partial charge in [0, 0.05) is 30.3 Å². The van der Waals surface area contributed by atoms with Gasteiger partial charge in [0.1, 0.15) is 5.82 Å². The first-order valence-corrected chi connectivity index (χ1v) is 9.33. The zero-order valence-electron chi connectivity index (χ0n) is 14.7. The summed E-state index contributed by atoms with van der Waals surface area (Å²) < 4.78 is 19.7. The molecule has 2 aromatic carbocycles. The van der Waals surface area contributed by atoms with Crippen molar-refractivity contribution in [2.75, 3.05) is 19.7 Å². The summed E-state index contributed by atoms with van der Waals surface area (Å²) in [5, 5.41) is 0.308. The molecule has 0 saturated carbocycles. The Kier molecular flexibility index (Phi) is 6.64. The molecule has 0 spiro atoms. The number of benzene rings is 2. The molecular weight excluding hydrogens is 353 g/mol. The van der Waals surface area contributed by atoms with Crippen LogP contribution in [0.25, 0.3) is 0 Å². The van der Waals surface area contributed by atoms with Crippen molar-refractivity contribution in [1.82, 2.24) is 4.90 Å². The molecule has 0 atom stereocenters. The van der Waals surface area contributed by atoms with E-state index in [0.29, 0.717) is 37.2 Å². The van der Waals surface area contributed by atoms with Gasteiger partial charge in [0.15, 0.2) is 0 Å². The van der Waals surface area contributed by atoms with Gasteiger partial charge in [0.25, 0.3) is 0 Å². The van der Waals surface area contributed by atoms with Gasteiger partial charge >= 0.3 is 0 Å². The van der Waals surface area contributed by atoms with Gasteiger partial charge in [-0.25, -0.2) is 4.39 Å². The van der Waals surface area contributed by atoms with Crippen LogP contribution < -0.4 is 0 Å². The number of nitrogens with zero attached hydrogens (tertiary/aromatic N) is 1. The van der Waals surface area contributed by atoms with Crippen LogP contribution in [0.4, 0.5) is 4.39 Å². The van der Waals surface area contributed by atoms with Crippen molar-refractivity contribution in [2.45, 2.75) is 25.9 Å². The Morgan fingerprint density at radius 2 is 1.85 bits per heavy atom. The van der Waals surface area contributed by atoms with Gasteiger partial charge in [-0.05, 0) is 36.5 Å². The van der Waals surface area contributed by atoms with Crippen molar-refractivity contribution >= 4 is 17.5 Å². The fourth-order valence-corrected chi connectivity index (χ4v) is 3.46. The lowest BCUT2D eigenvalue weighted by Crippen LogP contribution is -2.40. The Bertz CT molecular complexity index is 710. The van der Waals surface area contributed by atoms with Crippen molar-refractivity contribution in [2.24, 2.45) is 5.92 Å². The topological polar surface area (TPSA) is 29.5 Å². The van der Waals surface area contributed by atoms with E-state index in [1.807, 2.05) is 18.2 Å². The number of halogens is 2. The molecule has 3 rings (SSSR count). The number of hydrogen-bond acceptors (Lipinski definition) is 2. The van der Waals surface area contributed by atoms with E-state index in [1.165, 1.54) is 11.6 Å². The average molecular weight is 376 g/mol. The summed E-state index contributed by atoms with van der Waals surface area (Å²) in [5.74, 6) is -0.0319. The largest absolute Gasteiger partial charge is 0.376 e. The average Bonchev–Trinajstić information content (AvgIpc) is 2.66. The van der Waals surface area contributed by atoms with Crippen LogP contribution in [0.5, 0.6) is 0 Å². The van der Waals surface area contributed by atoms with E-state index in [4.69, 9.17) is 16.3 Å². The quantitative estimate of drug-likeness (QED) is 0.745. The van der Waals surface area contributed by atoms with Crippen molar-refractivity contribution in [3.63, 3.8) is 0 Å². The van der Waals surface area contributed by atoms with E-state index in [-0.39, 0.29) is 17.9 Å². The van der Waals surface area contributed by atoms with E-state index < -0.39 is 5.82 Å². The van der Waals surface area contributed by atoms with Crippen LogP contribution in [0, 0.1) is 11.7 Å². The zero-order chi connectivity index (χ0) is 18.4. The summed E-state index contributed by atoms with van der Waals surface area (Å²) in [6.45, 7) is 2.69. The fourth-order valence-electron chi connectivity index (χ4n) is 3.23. The summed E-state index contributed by atoms with van der Waals surface area (Å²) in [6.07, 6.45) is 1.83. The van der Waals surface area contributed by atoms with Crippen molar-refractivity contribution in [1.29, 1.82) is 0 Å². The molecule has 0 aromatic heterocycles. The van der Waals surface area contributed by atoms with Gasteiger partial charge in [-0.3, -0.25) is 4.79 Å². The first-order chi connectivity index (χ1) is 12.6. The van der Waals surface area contributed by atoms with E-state index in [2.05, 4.69) is 12.1 Å². The predicted octanol–water partition coefficient (Wildman–Crippen LogP) is 4.48. The van der Waals surface area contributed by atoms with Crippen LogP contribution in [-0.4, -0.2) is 30.5 Å². The van der Waals surface area contributed by atoms with Crippen molar-refractivity contribution in [3.05, 3.63) is 70.5 Å². The minimum absolute atomic E-state index is 0.0146. The number of likely N-dealkylation sites (tertiary alicyclic amines) is 1. The summed E-state index contributed by atoms with van der Waals surface area (Å²) in [7, 11) is 0. The highest BCUT2D eigenvalue weighted by atomic mass is 35.5. The van der Waals surface area contributed by atoms with E-state index in [0.717, 1.165) is 12.8 Å². The molecule has 0 radical (unpaired) electrons. The summed E-state index contributed by atoms with van der Waals surface area (Å²) in [6, 6.07) is 14.6. The van der Waals surface area contributed by atoms with Gasteiger partial charge in [-0.2, -0.15) is 0 Å². The van der Waals surface area contributed by atoms with E-state index >= 15 is 0 Å². The molecule has 1 aliphatic rings. The molecule has 138 valence electrons. The first kappa shape index (κ1) is 18.9. The normalized spacial score (nSPS) is 15.2. The van der Waals surface area contributed by atoms with Gasteiger partial charge < -0.3 is 9.64 Å². The fraction of sp³-hybridized carbons (Fsp3) is 0.381. The molecule has 0 aliphatic carbocycles. The number of piperidine rings is 1. The molecule has 0 N–H and O–H groups in total. The molecule has 1 saturated heterocycles. The van der Waals surface area contributed by atoms with Gasteiger partial charge in [-0.15, -0.1) is 0 Å². The predicted molar refractivity (Wildman–Crippen MR) is 101 cm³/mol. The molecule has 1 fully saturated rings. The van der Waals surface area contributed by atoms with Crippen LogP contribution in [0.3, 0.4) is 0 Å². The van der Waals surface area contributed by atoms with Crippen molar-refractivity contribution in [3.8, 4) is 0 Å². The summed E-state index contributed by atoms with van der Waals surface area (Å²) in [5.41, 5.74) is 1.45. The maximum Gasteiger partial charge on any atom is 0.227 e. The lowest BCUT2D eigenvalue weighted by atomic mass is 9.97. The number of amides is 1. The maximum atomic E-state index is 13.8. The van der Waals surface area contributed by atoms with E-state index in [1.54, 1.807) is 17.0 Å². The number of rotatable bonds is 6. The van der Waals surface area contributed by atoms with Gasteiger partial charge in [0.05, 0.1) is 13.0 Å². The zero-order valence-corrected chi connectivity index (χ0v) is 15.4. The Labute approximate surface area is 158 Å². The first-order valence-electron chi connectivity index (χ1n) is 8.96. The molecule has 0 bridgehead atoms. The van der Waals surface area contributed by atoms with Gasteiger partial charge in [0.2, 0.25) is 5.91 Å². The summed E-state index contributed by atoms with van der Waals surface area (Å²) in [4.78, 5) is 14.2. The van der Waals surface area contributed by atoms with Crippen LogP contribution in [0.15, 0.2) is 48.5 Å². The Morgan fingerprint density at radius 3 is 2.54 bits per heavy atom. The monoisotopic (exact) mass is 375 g/mol. The minimum atomic E-state index is -0.421. The Morgan fingerprint density at radius 1 is 1.12 bits per heavy atom.